The number of hydrogen-bond donors (Lipinski definition) is 2. The highest BCUT2D eigenvalue weighted by Gasteiger charge is 2.25. The molecule has 0 atom stereocenters. The van der Waals surface area contributed by atoms with Crippen LogP contribution in [0.1, 0.15) is 36.5 Å². The topological polar surface area (TPSA) is 58.4 Å². The molecule has 1 aliphatic rings. The van der Waals surface area contributed by atoms with Crippen molar-refractivity contribution < 1.29 is 4.79 Å². The van der Waals surface area contributed by atoms with Gasteiger partial charge in [-0.2, -0.15) is 0 Å². The molecule has 0 radical (unpaired) electrons. The van der Waals surface area contributed by atoms with Gasteiger partial charge in [0.2, 0.25) is 0 Å². The van der Waals surface area contributed by atoms with Crippen LogP contribution in [0, 0.1) is 0 Å². The molecule has 2 rings (SSSR count). The average molecular weight is 247 g/mol. The van der Waals surface area contributed by atoms with Crippen LogP contribution in [0.4, 0.5) is 11.4 Å². The van der Waals surface area contributed by atoms with E-state index in [0.717, 1.165) is 5.69 Å². The van der Waals surface area contributed by atoms with Gasteiger partial charge >= 0.3 is 0 Å². The standard InChI is InChI=1S/C14H21N3O/c1-3-16-14(18)12-8-7-10(15)9-13(12)17(2)11-5-4-6-11/h7-9,11H,3-6,15H2,1-2H3,(H,16,18). The molecule has 0 saturated heterocycles. The minimum Gasteiger partial charge on any atom is -0.399 e. The molecule has 0 aliphatic heterocycles. The Morgan fingerprint density at radius 2 is 2.22 bits per heavy atom. The van der Waals surface area contributed by atoms with E-state index in [4.69, 9.17) is 5.73 Å². The van der Waals surface area contributed by atoms with Crippen LogP contribution in [-0.4, -0.2) is 25.5 Å². The third kappa shape index (κ3) is 2.42. The number of nitrogens with one attached hydrogen (secondary N) is 1. The van der Waals surface area contributed by atoms with Crippen LogP contribution >= 0.6 is 0 Å². The Balaban J connectivity index is 2.30. The summed E-state index contributed by atoms with van der Waals surface area (Å²) in [5.74, 6) is -0.0290. The highest BCUT2D eigenvalue weighted by molar-refractivity contribution is 6.00. The number of anilines is 2. The van der Waals surface area contributed by atoms with Gasteiger partial charge in [-0.15, -0.1) is 0 Å². The smallest absolute Gasteiger partial charge is 0.253 e. The molecule has 18 heavy (non-hydrogen) atoms. The molecule has 1 aliphatic carbocycles. The maximum Gasteiger partial charge on any atom is 0.253 e. The number of benzene rings is 1. The van der Waals surface area contributed by atoms with Crippen molar-refractivity contribution >= 4 is 17.3 Å². The van der Waals surface area contributed by atoms with Gasteiger partial charge in [-0.25, -0.2) is 0 Å². The summed E-state index contributed by atoms with van der Waals surface area (Å²) in [6.07, 6.45) is 3.66. The van der Waals surface area contributed by atoms with Gasteiger partial charge in [0.1, 0.15) is 0 Å². The average Bonchev–Trinajstić information content (AvgIpc) is 2.26. The van der Waals surface area contributed by atoms with Gasteiger partial charge in [0.15, 0.2) is 0 Å². The van der Waals surface area contributed by atoms with Crippen molar-refractivity contribution in [3.63, 3.8) is 0 Å². The Kier molecular flexibility index (Phi) is 3.75. The van der Waals surface area contributed by atoms with Crippen molar-refractivity contribution in [2.75, 3.05) is 24.2 Å². The number of amides is 1. The first-order valence-electron chi connectivity index (χ1n) is 6.54. The van der Waals surface area contributed by atoms with Crippen LogP contribution in [0.5, 0.6) is 0 Å². The van der Waals surface area contributed by atoms with E-state index in [-0.39, 0.29) is 5.91 Å². The van der Waals surface area contributed by atoms with Crippen LogP contribution in [0.2, 0.25) is 0 Å². The minimum atomic E-state index is -0.0290. The third-order valence-corrected chi connectivity index (χ3v) is 3.61. The molecule has 98 valence electrons. The molecule has 4 nitrogen and oxygen atoms in total. The zero-order valence-corrected chi connectivity index (χ0v) is 11.1. The van der Waals surface area contributed by atoms with Crippen molar-refractivity contribution in [3.8, 4) is 0 Å². The normalized spacial score (nSPS) is 15.0. The molecule has 0 aromatic heterocycles. The van der Waals surface area contributed by atoms with Crippen molar-refractivity contribution in [1.82, 2.24) is 5.32 Å². The minimum absolute atomic E-state index is 0.0290. The van der Waals surface area contributed by atoms with Crippen molar-refractivity contribution in [2.24, 2.45) is 0 Å². The zero-order chi connectivity index (χ0) is 13.1. The molecule has 1 amide bonds. The fourth-order valence-electron chi connectivity index (χ4n) is 2.26. The number of nitrogens with two attached hydrogens (primary N) is 1. The molecule has 0 unspecified atom stereocenters. The number of rotatable bonds is 4. The highest BCUT2D eigenvalue weighted by Crippen LogP contribution is 2.31. The number of nitrogens with zero attached hydrogens (tertiary/aromatic N) is 1. The first-order chi connectivity index (χ1) is 8.63. The van der Waals surface area contributed by atoms with Gasteiger partial charge in [-0.3, -0.25) is 4.79 Å². The maximum atomic E-state index is 12.0. The summed E-state index contributed by atoms with van der Waals surface area (Å²) < 4.78 is 0. The van der Waals surface area contributed by atoms with Crippen LogP contribution in [-0.2, 0) is 0 Å². The zero-order valence-electron chi connectivity index (χ0n) is 11.1. The molecule has 1 aromatic carbocycles. The number of carbonyl (C=O) groups excluding carboxylic acids is 1. The number of carbonyl (C=O) groups is 1. The van der Waals surface area contributed by atoms with Crippen LogP contribution in [0.15, 0.2) is 18.2 Å². The van der Waals surface area contributed by atoms with E-state index < -0.39 is 0 Å². The lowest BCUT2D eigenvalue weighted by Crippen LogP contribution is -2.38. The number of nitrogen functional groups attached to an aromatic ring is 1. The van der Waals surface area contributed by atoms with Gasteiger partial charge < -0.3 is 16.0 Å². The second kappa shape index (κ2) is 5.29. The molecule has 3 N–H and O–H groups in total. The number of hydrogen-bond acceptors (Lipinski definition) is 3. The summed E-state index contributed by atoms with van der Waals surface area (Å²) in [4.78, 5) is 14.2. The molecule has 4 heteroatoms. The molecule has 0 spiro atoms. The Morgan fingerprint density at radius 3 is 2.78 bits per heavy atom. The van der Waals surface area contributed by atoms with Crippen LogP contribution < -0.4 is 16.0 Å². The van der Waals surface area contributed by atoms with Crippen molar-refractivity contribution in [3.05, 3.63) is 23.8 Å². The van der Waals surface area contributed by atoms with E-state index in [9.17, 15) is 4.79 Å². The monoisotopic (exact) mass is 247 g/mol. The molecule has 0 bridgehead atoms. The summed E-state index contributed by atoms with van der Waals surface area (Å²) in [6, 6.07) is 6.02. The van der Waals surface area contributed by atoms with Crippen LogP contribution in [0.3, 0.4) is 0 Å². The second-order valence-corrected chi connectivity index (χ2v) is 4.83. The Morgan fingerprint density at radius 1 is 1.50 bits per heavy atom. The largest absolute Gasteiger partial charge is 0.399 e. The van der Waals surface area contributed by atoms with Gasteiger partial charge in [0, 0.05) is 25.3 Å². The lowest BCUT2D eigenvalue weighted by atomic mass is 9.91. The van der Waals surface area contributed by atoms with Crippen molar-refractivity contribution in [2.45, 2.75) is 32.2 Å². The summed E-state index contributed by atoms with van der Waals surface area (Å²) in [7, 11) is 2.04. The fourth-order valence-corrected chi connectivity index (χ4v) is 2.26. The van der Waals surface area contributed by atoms with Crippen LogP contribution in [0.25, 0.3) is 0 Å². The molecular weight excluding hydrogens is 226 g/mol. The Hall–Kier alpha value is -1.71. The molecular formula is C14H21N3O. The SMILES string of the molecule is CCNC(=O)c1ccc(N)cc1N(C)C1CCC1. The molecule has 1 fully saturated rings. The van der Waals surface area contributed by atoms with Gasteiger partial charge in [-0.05, 0) is 44.4 Å². The summed E-state index contributed by atoms with van der Waals surface area (Å²) in [5, 5.41) is 2.85. The van der Waals surface area contributed by atoms with E-state index in [0.29, 0.717) is 23.8 Å². The predicted octanol–water partition coefficient (Wildman–Crippen LogP) is 2.01. The van der Waals surface area contributed by atoms with E-state index in [1.165, 1.54) is 19.3 Å². The van der Waals surface area contributed by atoms with Gasteiger partial charge in [0.05, 0.1) is 11.3 Å². The maximum absolute atomic E-state index is 12.0. The van der Waals surface area contributed by atoms with Crippen molar-refractivity contribution in [1.29, 1.82) is 0 Å². The molecule has 1 aromatic rings. The van der Waals surface area contributed by atoms with E-state index in [2.05, 4.69) is 10.2 Å². The fraction of sp³-hybridized carbons (Fsp3) is 0.500. The van der Waals surface area contributed by atoms with E-state index in [1.54, 1.807) is 6.07 Å². The molecule has 0 heterocycles. The molecule has 1 saturated carbocycles. The third-order valence-electron chi connectivity index (χ3n) is 3.61. The quantitative estimate of drug-likeness (QED) is 0.800. The summed E-state index contributed by atoms with van der Waals surface area (Å²) in [5.41, 5.74) is 8.18. The lowest BCUT2D eigenvalue weighted by Gasteiger charge is -2.37. The Labute approximate surface area is 108 Å². The summed E-state index contributed by atoms with van der Waals surface area (Å²) >= 11 is 0. The van der Waals surface area contributed by atoms with E-state index in [1.807, 2.05) is 26.1 Å². The van der Waals surface area contributed by atoms with Gasteiger partial charge in [-0.1, -0.05) is 0 Å². The lowest BCUT2D eigenvalue weighted by molar-refractivity contribution is 0.0956. The first-order valence-corrected chi connectivity index (χ1v) is 6.54. The second-order valence-electron chi connectivity index (χ2n) is 4.83. The Bertz CT molecular complexity index is 441. The van der Waals surface area contributed by atoms with E-state index >= 15 is 0 Å². The van der Waals surface area contributed by atoms with Gasteiger partial charge in [0.25, 0.3) is 5.91 Å². The summed E-state index contributed by atoms with van der Waals surface area (Å²) in [6.45, 7) is 2.56. The highest BCUT2D eigenvalue weighted by atomic mass is 16.1. The predicted molar refractivity (Wildman–Crippen MR) is 74.9 cm³/mol. The first kappa shape index (κ1) is 12.7.